The summed E-state index contributed by atoms with van der Waals surface area (Å²) in [5, 5.41) is 3.75. The van der Waals surface area contributed by atoms with Crippen molar-refractivity contribution >= 4 is 33.2 Å². The zero-order valence-corrected chi connectivity index (χ0v) is 16.3. The normalized spacial score (nSPS) is 14.7. The van der Waals surface area contributed by atoms with Crippen LogP contribution in [0.15, 0.2) is 34.5 Å². The van der Waals surface area contributed by atoms with Gasteiger partial charge in [0.25, 0.3) is 0 Å². The van der Waals surface area contributed by atoms with Crippen LogP contribution in [0.4, 0.5) is 18.3 Å². The van der Waals surface area contributed by atoms with E-state index in [1.54, 1.807) is 0 Å². The van der Waals surface area contributed by atoms with Gasteiger partial charge in [-0.1, -0.05) is 26.8 Å². The van der Waals surface area contributed by atoms with Crippen LogP contribution in [-0.4, -0.2) is 20.3 Å². The van der Waals surface area contributed by atoms with E-state index in [2.05, 4.69) is 10.3 Å². The molecule has 0 aliphatic heterocycles. The van der Waals surface area contributed by atoms with Gasteiger partial charge in [-0.15, -0.1) is 11.3 Å². The molecule has 1 aromatic carbocycles. The van der Waals surface area contributed by atoms with Crippen molar-refractivity contribution in [2.24, 2.45) is 0 Å². The molecule has 0 bridgehead atoms. The summed E-state index contributed by atoms with van der Waals surface area (Å²) in [4.78, 5) is 16.6. The highest BCUT2D eigenvalue weighted by Crippen LogP contribution is 2.31. The monoisotopic (exact) mass is 404 g/mol. The lowest BCUT2D eigenvalue weighted by atomic mass is 9.93. The first-order chi connectivity index (χ1) is 11.9. The summed E-state index contributed by atoms with van der Waals surface area (Å²) < 4.78 is 50.9. The number of hydrogen-bond donors (Lipinski definition) is 1. The minimum absolute atomic E-state index is 0.0444. The van der Waals surface area contributed by atoms with Gasteiger partial charge >= 0.3 is 6.18 Å². The number of benzene rings is 1. The van der Waals surface area contributed by atoms with Crippen LogP contribution in [0.1, 0.15) is 39.0 Å². The van der Waals surface area contributed by atoms with Crippen LogP contribution < -0.4 is 5.32 Å². The van der Waals surface area contributed by atoms with Crippen LogP contribution in [0, 0.1) is 0 Å². The first-order valence-corrected chi connectivity index (χ1v) is 9.83. The SMILES string of the molecule is CC(C(=O)Nc1nc(C(C)(C)C)cs1)S(=O)c1cccc(C(F)(F)F)c1. The number of carbonyl (C=O) groups excluding carboxylic acids is 1. The molecule has 142 valence electrons. The molecule has 2 rings (SSSR count). The first kappa shape index (κ1) is 20.6. The van der Waals surface area contributed by atoms with E-state index >= 15 is 0 Å². The fourth-order valence-electron chi connectivity index (χ4n) is 1.98. The van der Waals surface area contributed by atoms with Gasteiger partial charge in [-0.05, 0) is 25.1 Å². The van der Waals surface area contributed by atoms with Crippen molar-refractivity contribution in [3.63, 3.8) is 0 Å². The zero-order chi connectivity index (χ0) is 19.7. The van der Waals surface area contributed by atoms with Gasteiger partial charge in [0.1, 0.15) is 5.25 Å². The number of rotatable bonds is 4. The molecular weight excluding hydrogens is 385 g/mol. The van der Waals surface area contributed by atoms with Crippen molar-refractivity contribution in [1.29, 1.82) is 0 Å². The second kappa shape index (κ2) is 7.48. The summed E-state index contributed by atoms with van der Waals surface area (Å²) in [7, 11) is -1.92. The number of nitrogens with one attached hydrogen (secondary N) is 1. The molecule has 0 saturated heterocycles. The van der Waals surface area contributed by atoms with Crippen molar-refractivity contribution in [3.05, 3.63) is 40.9 Å². The number of anilines is 1. The van der Waals surface area contributed by atoms with E-state index in [1.165, 1.54) is 30.4 Å². The number of alkyl halides is 3. The van der Waals surface area contributed by atoms with Crippen molar-refractivity contribution in [3.8, 4) is 0 Å². The Morgan fingerprint density at radius 3 is 2.46 bits per heavy atom. The molecule has 26 heavy (non-hydrogen) atoms. The maximum Gasteiger partial charge on any atom is 0.416 e. The van der Waals surface area contributed by atoms with Crippen LogP contribution in [0.3, 0.4) is 0 Å². The van der Waals surface area contributed by atoms with Gasteiger partial charge in [0.05, 0.1) is 22.1 Å². The predicted molar refractivity (Wildman–Crippen MR) is 96.8 cm³/mol. The Labute approximate surface area is 156 Å². The summed E-state index contributed by atoms with van der Waals surface area (Å²) in [6, 6.07) is 4.20. The molecule has 0 fully saturated rings. The molecule has 0 aliphatic carbocycles. The number of carbonyl (C=O) groups is 1. The van der Waals surface area contributed by atoms with Gasteiger partial charge in [0.2, 0.25) is 5.91 Å². The van der Waals surface area contributed by atoms with E-state index in [0.29, 0.717) is 5.13 Å². The maximum atomic E-state index is 12.8. The van der Waals surface area contributed by atoms with E-state index in [1.807, 2.05) is 26.2 Å². The summed E-state index contributed by atoms with van der Waals surface area (Å²) in [5.41, 5.74) is -0.262. The van der Waals surface area contributed by atoms with Crippen molar-refractivity contribution in [2.45, 2.75) is 49.4 Å². The summed E-state index contributed by atoms with van der Waals surface area (Å²) in [6.45, 7) is 7.36. The molecule has 2 aromatic rings. The molecule has 4 nitrogen and oxygen atoms in total. The third kappa shape index (κ3) is 4.91. The Morgan fingerprint density at radius 1 is 1.27 bits per heavy atom. The lowest BCUT2D eigenvalue weighted by molar-refractivity contribution is -0.137. The third-order valence-corrected chi connectivity index (χ3v) is 5.92. The highest BCUT2D eigenvalue weighted by atomic mass is 32.2. The molecular formula is C17H19F3N2O2S2. The van der Waals surface area contributed by atoms with Crippen LogP contribution >= 0.6 is 11.3 Å². The molecule has 0 spiro atoms. The van der Waals surface area contributed by atoms with Gasteiger partial charge in [-0.25, -0.2) is 4.98 Å². The maximum absolute atomic E-state index is 12.8. The molecule has 1 aromatic heterocycles. The molecule has 2 unspecified atom stereocenters. The van der Waals surface area contributed by atoms with Gasteiger partial charge in [-0.3, -0.25) is 9.00 Å². The first-order valence-electron chi connectivity index (χ1n) is 7.74. The van der Waals surface area contributed by atoms with Crippen LogP contribution in [0.25, 0.3) is 0 Å². The number of halogens is 3. The standard InChI is InChI=1S/C17H19F3N2O2S2/c1-10(14(23)22-15-21-13(9-25-15)16(2,3)4)26(24)12-7-5-6-11(8-12)17(18,19)20/h5-10H,1-4H3,(H,21,22,23). The molecule has 1 amide bonds. The zero-order valence-electron chi connectivity index (χ0n) is 14.7. The molecule has 9 heteroatoms. The number of amides is 1. The molecule has 0 radical (unpaired) electrons. The highest BCUT2D eigenvalue weighted by Gasteiger charge is 2.32. The van der Waals surface area contributed by atoms with E-state index in [4.69, 9.17) is 0 Å². The fourth-order valence-corrected chi connectivity index (χ4v) is 4.04. The van der Waals surface area contributed by atoms with Crippen molar-refractivity contribution in [2.75, 3.05) is 5.32 Å². The molecule has 1 heterocycles. The summed E-state index contributed by atoms with van der Waals surface area (Å²) in [6.07, 6.45) is -4.53. The second-order valence-electron chi connectivity index (χ2n) is 6.74. The number of nitrogens with zero attached hydrogens (tertiary/aromatic N) is 1. The van der Waals surface area contributed by atoms with Crippen molar-refractivity contribution in [1.82, 2.24) is 4.98 Å². The molecule has 1 N–H and O–H groups in total. The average Bonchev–Trinajstić information content (AvgIpc) is 3.01. The molecule has 2 atom stereocenters. The van der Waals surface area contributed by atoms with E-state index in [-0.39, 0.29) is 10.3 Å². The lowest BCUT2D eigenvalue weighted by Crippen LogP contribution is -2.29. The second-order valence-corrected chi connectivity index (χ2v) is 9.37. The van der Waals surface area contributed by atoms with Crippen LogP contribution in [0.2, 0.25) is 0 Å². The largest absolute Gasteiger partial charge is 0.416 e. The highest BCUT2D eigenvalue weighted by molar-refractivity contribution is 7.86. The third-order valence-electron chi connectivity index (χ3n) is 3.59. The summed E-state index contributed by atoms with van der Waals surface area (Å²) in [5.74, 6) is -0.560. The van der Waals surface area contributed by atoms with Gasteiger partial charge < -0.3 is 5.32 Å². The summed E-state index contributed by atoms with van der Waals surface area (Å²) >= 11 is 1.24. The van der Waals surface area contributed by atoms with Gasteiger partial charge in [-0.2, -0.15) is 13.2 Å². The number of aromatic nitrogens is 1. The topological polar surface area (TPSA) is 59.1 Å². The Kier molecular flexibility index (Phi) is 5.92. The van der Waals surface area contributed by atoms with Gasteiger partial charge in [0, 0.05) is 15.7 Å². The van der Waals surface area contributed by atoms with E-state index in [0.717, 1.165) is 17.8 Å². The number of thiazole rings is 1. The Hall–Kier alpha value is -1.74. The van der Waals surface area contributed by atoms with E-state index in [9.17, 15) is 22.2 Å². The smallest absolute Gasteiger partial charge is 0.301 e. The minimum Gasteiger partial charge on any atom is -0.301 e. The van der Waals surface area contributed by atoms with Gasteiger partial charge in [0.15, 0.2) is 5.13 Å². The Morgan fingerprint density at radius 2 is 1.92 bits per heavy atom. The predicted octanol–water partition coefficient (Wildman–Crippen LogP) is 4.59. The van der Waals surface area contributed by atoms with Crippen LogP contribution in [0.5, 0.6) is 0 Å². The Balaban J connectivity index is 2.13. The Bertz CT molecular complexity index is 826. The van der Waals surface area contributed by atoms with Crippen LogP contribution in [-0.2, 0) is 27.2 Å². The number of hydrogen-bond acceptors (Lipinski definition) is 4. The van der Waals surface area contributed by atoms with E-state index < -0.39 is 33.7 Å². The molecule has 0 saturated carbocycles. The quantitative estimate of drug-likeness (QED) is 0.811. The van der Waals surface area contributed by atoms with Crippen molar-refractivity contribution < 1.29 is 22.2 Å². The lowest BCUT2D eigenvalue weighted by Gasteiger charge is -2.14. The minimum atomic E-state index is -4.53. The fraction of sp³-hybridized carbons (Fsp3) is 0.412. The molecule has 0 aliphatic rings. The average molecular weight is 404 g/mol.